The van der Waals surface area contributed by atoms with Crippen molar-refractivity contribution in [3.05, 3.63) is 21.9 Å². The largest absolute Gasteiger partial charge is 0.409 e. The van der Waals surface area contributed by atoms with Gasteiger partial charge in [-0.3, -0.25) is 4.79 Å². The molecule has 1 heterocycles. The molecule has 0 radical (unpaired) electrons. The molecule has 5 nitrogen and oxygen atoms in total. The second-order valence-corrected chi connectivity index (χ2v) is 5.15. The SMILES string of the molecule is Cc1cscc1C(=O)N(CCC(N)=NO)C(C)C. The topological polar surface area (TPSA) is 78.9 Å². The van der Waals surface area contributed by atoms with E-state index < -0.39 is 0 Å². The molecular formula is C12H19N3O2S. The van der Waals surface area contributed by atoms with Crippen LogP contribution in [0.5, 0.6) is 0 Å². The molecule has 1 aromatic heterocycles. The molecule has 1 aromatic rings. The molecule has 6 heteroatoms. The molecule has 3 N–H and O–H groups in total. The van der Waals surface area contributed by atoms with Gasteiger partial charge in [0.05, 0.1) is 5.56 Å². The van der Waals surface area contributed by atoms with Gasteiger partial charge in [-0.05, 0) is 31.7 Å². The van der Waals surface area contributed by atoms with Gasteiger partial charge in [-0.2, -0.15) is 11.3 Å². The first-order valence-corrected chi connectivity index (χ1v) is 6.71. The Balaban J connectivity index is 2.80. The van der Waals surface area contributed by atoms with E-state index in [0.717, 1.165) is 11.1 Å². The fourth-order valence-electron chi connectivity index (χ4n) is 1.61. The maximum atomic E-state index is 12.4. The number of hydrogen-bond donors (Lipinski definition) is 2. The van der Waals surface area contributed by atoms with Crippen molar-refractivity contribution in [1.29, 1.82) is 0 Å². The monoisotopic (exact) mass is 269 g/mol. The third-order valence-electron chi connectivity index (χ3n) is 2.71. The molecule has 0 saturated heterocycles. The number of nitrogens with zero attached hydrogens (tertiary/aromatic N) is 2. The van der Waals surface area contributed by atoms with Gasteiger partial charge < -0.3 is 15.8 Å². The summed E-state index contributed by atoms with van der Waals surface area (Å²) in [5.41, 5.74) is 7.15. The molecule has 0 spiro atoms. The lowest BCUT2D eigenvalue weighted by molar-refractivity contribution is 0.0711. The molecule has 0 aliphatic heterocycles. The zero-order chi connectivity index (χ0) is 13.7. The van der Waals surface area contributed by atoms with Crippen LogP contribution in [-0.2, 0) is 0 Å². The lowest BCUT2D eigenvalue weighted by atomic mass is 10.1. The van der Waals surface area contributed by atoms with Gasteiger partial charge in [0.15, 0.2) is 0 Å². The number of amidine groups is 1. The summed E-state index contributed by atoms with van der Waals surface area (Å²) in [6.45, 7) is 6.27. The van der Waals surface area contributed by atoms with E-state index in [1.54, 1.807) is 4.90 Å². The number of carbonyl (C=O) groups excluding carboxylic acids is 1. The summed E-state index contributed by atoms with van der Waals surface area (Å²) in [6, 6.07) is 0.0725. The van der Waals surface area contributed by atoms with E-state index in [9.17, 15) is 4.79 Å². The average Bonchev–Trinajstić information content (AvgIpc) is 2.74. The Hall–Kier alpha value is -1.56. The molecule has 0 aromatic carbocycles. The van der Waals surface area contributed by atoms with Crippen LogP contribution in [0.15, 0.2) is 15.9 Å². The maximum Gasteiger partial charge on any atom is 0.255 e. The highest BCUT2D eigenvalue weighted by Gasteiger charge is 2.20. The number of thiophene rings is 1. The van der Waals surface area contributed by atoms with Crippen LogP contribution in [0.1, 0.15) is 36.2 Å². The first-order chi connectivity index (χ1) is 8.47. The van der Waals surface area contributed by atoms with Crippen molar-refractivity contribution >= 4 is 23.1 Å². The summed E-state index contributed by atoms with van der Waals surface area (Å²) in [6.07, 6.45) is 0.365. The smallest absolute Gasteiger partial charge is 0.255 e. The number of nitrogens with two attached hydrogens (primary N) is 1. The number of amides is 1. The van der Waals surface area contributed by atoms with E-state index in [4.69, 9.17) is 10.9 Å². The fourth-order valence-corrected chi connectivity index (χ4v) is 2.44. The van der Waals surface area contributed by atoms with Crippen LogP contribution < -0.4 is 5.73 Å². The van der Waals surface area contributed by atoms with Crippen LogP contribution in [-0.4, -0.2) is 34.4 Å². The summed E-state index contributed by atoms with van der Waals surface area (Å²) in [7, 11) is 0. The van der Waals surface area contributed by atoms with Crippen LogP contribution in [0.3, 0.4) is 0 Å². The molecule has 0 fully saturated rings. The van der Waals surface area contributed by atoms with Crippen LogP contribution in [0.2, 0.25) is 0 Å². The summed E-state index contributed by atoms with van der Waals surface area (Å²) >= 11 is 1.52. The van der Waals surface area contributed by atoms with Crippen molar-refractivity contribution in [1.82, 2.24) is 4.90 Å². The highest BCUT2D eigenvalue weighted by atomic mass is 32.1. The van der Waals surface area contributed by atoms with Crippen molar-refractivity contribution < 1.29 is 10.0 Å². The first kappa shape index (κ1) is 14.5. The van der Waals surface area contributed by atoms with E-state index in [1.807, 2.05) is 31.5 Å². The highest BCUT2D eigenvalue weighted by Crippen LogP contribution is 2.17. The zero-order valence-corrected chi connectivity index (χ0v) is 11.7. The second-order valence-electron chi connectivity index (χ2n) is 4.40. The Morgan fingerprint density at radius 3 is 2.67 bits per heavy atom. The van der Waals surface area contributed by atoms with Gasteiger partial charge in [-0.15, -0.1) is 0 Å². The van der Waals surface area contributed by atoms with Crippen molar-refractivity contribution in [2.75, 3.05) is 6.54 Å². The molecule has 0 aliphatic rings. The van der Waals surface area contributed by atoms with Gasteiger partial charge in [0.2, 0.25) is 0 Å². The molecule has 0 aliphatic carbocycles. The number of hydrogen-bond acceptors (Lipinski definition) is 4. The standard InChI is InChI=1S/C12H19N3O2S/c1-8(2)15(5-4-11(13)14-17)12(16)10-7-18-6-9(10)3/h6-8,17H,4-5H2,1-3H3,(H2,13,14). The second kappa shape index (κ2) is 6.39. The van der Waals surface area contributed by atoms with Crippen molar-refractivity contribution in [3.8, 4) is 0 Å². The third kappa shape index (κ3) is 3.46. The number of rotatable bonds is 5. The molecule has 0 atom stereocenters. The van der Waals surface area contributed by atoms with Gasteiger partial charge >= 0.3 is 0 Å². The van der Waals surface area contributed by atoms with Crippen LogP contribution in [0.25, 0.3) is 0 Å². The Morgan fingerprint density at radius 2 is 2.22 bits per heavy atom. The predicted molar refractivity (Wildman–Crippen MR) is 73.3 cm³/mol. The number of carbonyl (C=O) groups is 1. The minimum Gasteiger partial charge on any atom is -0.409 e. The molecular weight excluding hydrogens is 250 g/mol. The van der Waals surface area contributed by atoms with Crippen LogP contribution in [0.4, 0.5) is 0 Å². The third-order valence-corrected chi connectivity index (χ3v) is 3.57. The fraction of sp³-hybridized carbons (Fsp3) is 0.500. The Kier molecular flexibility index (Phi) is 5.15. The summed E-state index contributed by atoms with van der Waals surface area (Å²) in [5, 5.41) is 15.2. The lowest BCUT2D eigenvalue weighted by Crippen LogP contribution is -2.39. The van der Waals surface area contributed by atoms with Gasteiger partial charge in [0.25, 0.3) is 5.91 Å². The van der Waals surface area contributed by atoms with E-state index >= 15 is 0 Å². The van der Waals surface area contributed by atoms with Crippen LogP contribution >= 0.6 is 11.3 Å². The van der Waals surface area contributed by atoms with E-state index in [2.05, 4.69) is 5.16 Å². The number of aryl methyl sites for hydroxylation is 1. The van der Waals surface area contributed by atoms with E-state index in [0.29, 0.717) is 13.0 Å². The van der Waals surface area contributed by atoms with Gasteiger partial charge in [-0.1, -0.05) is 5.16 Å². The van der Waals surface area contributed by atoms with Crippen molar-refractivity contribution in [2.45, 2.75) is 33.2 Å². The molecule has 100 valence electrons. The summed E-state index contributed by atoms with van der Waals surface area (Å²) < 4.78 is 0. The van der Waals surface area contributed by atoms with Crippen molar-refractivity contribution in [3.63, 3.8) is 0 Å². The minimum atomic E-state index is -0.00510. The molecule has 0 saturated carbocycles. The van der Waals surface area contributed by atoms with Gasteiger partial charge in [0.1, 0.15) is 5.84 Å². The lowest BCUT2D eigenvalue weighted by Gasteiger charge is -2.26. The van der Waals surface area contributed by atoms with Crippen molar-refractivity contribution in [2.24, 2.45) is 10.9 Å². The minimum absolute atomic E-state index is 0.00510. The molecule has 1 rings (SSSR count). The van der Waals surface area contributed by atoms with Gasteiger partial charge in [0, 0.05) is 24.4 Å². The Bertz CT molecular complexity index is 440. The summed E-state index contributed by atoms with van der Waals surface area (Å²) in [5.74, 6) is 0.130. The quantitative estimate of drug-likeness (QED) is 0.371. The predicted octanol–water partition coefficient (Wildman–Crippen LogP) is 2.04. The highest BCUT2D eigenvalue weighted by molar-refractivity contribution is 7.08. The maximum absolute atomic E-state index is 12.4. The normalized spacial score (nSPS) is 11.9. The Morgan fingerprint density at radius 1 is 1.56 bits per heavy atom. The molecule has 18 heavy (non-hydrogen) atoms. The zero-order valence-electron chi connectivity index (χ0n) is 10.9. The van der Waals surface area contributed by atoms with E-state index in [1.165, 1.54) is 11.3 Å². The average molecular weight is 269 g/mol. The van der Waals surface area contributed by atoms with E-state index in [-0.39, 0.29) is 17.8 Å². The Labute approximate surface area is 111 Å². The van der Waals surface area contributed by atoms with Crippen LogP contribution in [0, 0.1) is 6.92 Å². The molecule has 1 amide bonds. The number of oxime groups is 1. The van der Waals surface area contributed by atoms with Gasteiger partial charge in [-0.25, -0.2) is 0 Å². The molecule has 0 bridgehead atoms. The first-order valence-electron chi connectivity index (χ1n) is 5.77. The molecule has 0 unspecified atom stereocenters. The summed E-state index contributed by atoms with van der Waals surface area (Å²) in [4.78, 5) is 14.1.